The van der Waals surface area contributed by atoms with Crippen LogP contribution in [0.5, 0.6) is 0 Å². The quantitative estimate of drug-likeness (QED) is 0.360. The van der Waals surface area contributed by atoms with Crippen LogP contribution in [0.1, 0.15) is 12.8 Å². The van der Waals surface area contributed by atoms with E-state index >= 15 is 0 Å². The fraction of sp³-hybridized carbons (Fsp3) is 0.765. The lowest BCUT2D eigenvalue weighted by Crippen LogP contribution is -2.50. The largest absolute Gasteiger partial charge is 0.392 e. The Balaban J connectivity index is 0.000000157. The lowest BCUT2D eigenvalue weighted by Gasteiger charge is -2.42. The summed E-state index contributed by atoms with van der Waals surface area (Å²) in [5.41, 5.74) is 0. The molecule has 0 spiro atoms. The van der Waals surface area contributed by atoms with Crippen LogP contribution in [0.3, 0.4) is 0 Å². The van der Waals surface area contributed by atoms with Crippen LogP contribution in [0.4, 0.5) is 0 Å². The Labute approximate surface area is 188 Å². The van der Waals surface area contributed by atoms with Gasteiger partial charge in [0.25, 0.3) is 0 Å². The molecule has 3 heterocycles. The molecule has 0 aromatic rings. The molecule has 26 heavy (non-hydrogen) atoms. The van der Waals surface area contributed by atoms with Crippen molar-refractivity contribution in [1.29, 1.82) is 0 Å². The van der Waals surface area contributed by atoms with Gasteiger partial charge in [-0.3, -0.25) is 0 Å². The van der Waals surface area contributed by atoms with E-state index in [1.54, 1.807) is 0 Å². The van der Waals surface area contributed by atoms with Crippen molar-refractivity contribution in [2.75, 3.05) is 19.6 Å². The highest BCUT2D eigenvalue weighted by Crippen LogP contribution is 2.78. The standard InChI is InChI=1S/C10H5Cl7.C7H13NO/c11-4-2-1-3-5(4)9(15)7(13)6(12)8(3,14)10(9,16)17;9-7-5-8-3-1-6(7)2-4-8/h1-5H;6-7,9H,1-5H2. The molecule has 0 radical (unpaired) electrons. The predicted molar refractivity (Wildman–Crippen MR) is 111 cm³/mol. The average molecular weight is 501 g/mol. The minimum atomic E-state index is -1.48. The highest BCUT2D eigenvalue weighted by Gasteiger charge is 2.83. The van der Waals surface area contributed by atoms with E-state index in [2.05, 4.69) is 4.90 Å². The molecule has 1 N–H and O–H groups in total. The van der Waals surface area contributed by atoms with Gasteiger partial charge in [0.2, 0.25) is 0 Å². The molecular formula is C17H18Cl7NO. The van der Waals surface area contributed by atoms with Crippen LogP contribution in [0.25, 0.3) is 0 Å². The van der Waals surface area contributed by atoms with Gasteiger partial charge in [-0.05, 0) is 31.8 Å². The van der Waals surface area contributed by atoms with E-state index in [0.717, 1.165) is 6.54 Å². The van der Waals surface area contributed by atoms with Crippen LogP contribution in [0.2, 0.25) is 0 Å². The van der Waals surface area contributed by atoms with Crippen LogP contribution >= 0.6 is 81.2 Å². The Bertz CT molecular complexity index is 674. The van der Waals surface area contributed by atoms with E-state index in [-0.39, 0.29) is 33.4 Å². The number of aliphatic hydroxyl groups is 1. The number of fused-ring (bicyclic) bond motifs is 8. The fourth-order valence-corrected chi connectivity index (χ4v) is 8.53. The molecule has 2 nitrogen and oxygen atoms in total. The maximum atomic E-state index is 9.36. The summed E-state index contributed by atoms with van der Waals surface area (Å²) in [5.74, 6) is 0.164. The van der Waals surface area contributed by atoms with Crippen molar-refractivity contribution in [1.82, 2.24) is 4.90 Å². The first-order chi connectivity index (χ1) is 12.1. The third-order valence-corrected chi connectivity index (χ3v) is 11.2. The molecule has 3 aliphatic heterocycles. The van der Waals surface area contributed by atoms with E-state index in [1.165, 1.54) is 25.9 Å². The minimum Gasteiger partial charge on any atom is -0.392 e. The molecule has 6 rings (SSSR count). The maximum Gasteiger partial charge on any atom is 0.167 e. The number of hydrogen-bond acceptors (Lipinski definition) is 2. The molecule has 4 fully saturated rings. The van der Waals surface area contributed by atoms with Crippen LogP contribution in [0, 0.1) is 17.8 Å². The van der Waals surface area contributed by atoms with Gasteiger partial charge in [-0.2, -0.15) is 0 Å². The molecule has 0 amide bonds. The number of rotatable bonds is 0. The van der Waals surface area contributed by atoms with Crippen molar-refractivity contribution < 1.29 is 5.11 Å². The third kappa shape index (κ3) is 2.47. The van der Waals surface area contributed by atoms with Gasteiger partial charge < -0.3 is 10.0 Å². The average Bonchev–Trinajstić information content (AvgIpc) is 3.10. The van der Waals surface area contributed by atoms with Gasteiger partial charge >= 0.3 is 0 Å². The van der Waals surface area contributed by atoms with Crippen molar-refractivity contribution in [2.24, 2.45) is 17.8 Å². The number of halogens is 7. The summed E-state index contributed by atoms with van der Waals surface area (Å²) in [6.45, 7) is 3.38. The van der Waals surface area contributed by atoms with Gasteiger partial charge in [-0.1, -0.05) is 58.6 Å². The highest BCUT2D eigenvalue weighted by atomic mass is 35.5. The molecule has 0 aromatic carbocycles. The molecule has 0 aromatic heterocycles. The number of nitrogens with zero attached hydrogens (tertiary/aromatic N) is 1. The Morgan fingerprint density at radius 2 is 1.54 bits per heavy atom. The lowest BCUT2D eigenvalue weighted by molar-refractivity contribution is -0.0227. The normalized spacial score (nSPS) is 52.9. The van der Waals surface area contributed by atoms with E-state index in [0.29, 0.717) is 5.92 Å². The predicted octanol–water partition coefficient (Wildman–Crippen LogP) is 5.31. The van der Waals surface area contributed by atoms with Crippen molar-refractivity contribution in [3.8, 4) is 0 Å². The first-order valence-corrected chi connectivity index (χ1v) is 11.3. The van der Waals surface area contributed by atoms with E-state index in [4.69, 9.17) is 81.2 Å². The molecule has 1 saturated carbocycles. The molecule has 4 bridgehead atoms. The second kappa shape index (κ2) is 6.72. The Morgan fingerprint density at radius 3 is 2.00 bits per heavy atom. The summed E-state index contributed by atoms with van der Waals surface area (Å²) in [4.78, 5) is -0.0942. The van der Waals surface area contributed by atoms with E-state index in [1.807, 2.05) is 12.2 Å². The number of hydrogen-bond donors (Lipinski definition) is 1. The molecule has 9 heteroatoms. The highest BCUT2D eigenvalue weighted by molar-refractivity contribution is 6.66. The molecule has 6 atom stereocenters. The van der Waals surface area contributed by atoms with Crippen LogP contribution in [-0.2, 0) is 0 Å². The van der Waals surface area contributed by atoms with Crippen molar-refractivity contribution >= 4 is 81.2 Å². The molecule has 3 aliphatic carbocycles. The van der Waals surface area contributed by atoms with Gasteiger partial charge in [0.15, 0.2) is 4.33 Å². The first-order valence-electron chi connectivity index (χ1n) is 8.61. The van der Waals surface area contributed by atoms with Crippen LogP contribution < -0.4 is 0 Å². The van der Waals surface area contributed by atoms with Gasteiger partial charge in [-0.25, -0.2) is 0 Å². The summed E-state index contributed by atoms with van der Waals surface area (Å²) in [7, 11) is 0. The molecular weight excluding hydrogens is 482 g/mol. The monoisotopic (exact) mass is 497 g/mol. The van der Waals surface area contributed by atoms with Gasteiger partial charge in [0.1, 0.15) is 9.75 Å². The summed E-state index contributed by atoms with van der Waals surface area (Å²) in [6.07, 6.45) is 6.13. The topological polar surface area (TPSA) is 23.5 Å². The second-order valence-corrected chi connectivity index (χ2v) is 11.5. The van der Waals surface area contributed by atoms with Gasteiger partial charge in [0.05, 0.1) is 21.5 Å². The Morgan fingerprint density at radius 1 is 0.962 bits per heavy atom. The Hall–Kier alpha value is 1.43. The van der Waals surface area contributed by atoms with Gasteiger partial charge in [0, 0.05) is 18.4 Å². The smallest absolute Gasteiger partial charge is 0.167 e. The molecule has 3 saturated heterocycles. The van der Waals surface area contributed by atoms with Crippen LogP contribution in [-0.4, -0.2) is 55.2 Å². The number of aliphatic hydroxyl groups excluding tert-OH is 1. The summed E-state index contributed by atoms with van der Waals surface area (Å²) in [6, 6.07) is 0. The lowest BCUT2D eigenvalue weighted by atomic mass is 9.84. The summed E-state index contributed by atoms with van der Waals surface area (Å²) < 4.78 is -1.48. The maximum absolute atomic E-state index is 9.36. The minimum absolute atomic E-state index is 0.00694. The first kappa shape index (κ1) is 20.7. The number of alkyl halides is 5. The number of allylic oxidation sites excluding steroid dienone is 4. The fourth-order valence-electron chi connectivity index (χ4n) is 5.02. The summed E-state index contributed by atoms with van der Waals surface area (Å²) >= 11 is 44.5. The SMILES string of the molecule is ClC1=C(Cl)C2(Cl)C3C(Cl)C=CC3C1(Cl)C2(Cl)Cl.OC1CN2CCC1CC2. The van der Waals surface area contributed by atoms with E-state index < -0.39 is 14.1 Å². The van der Waals surface area contributed by atoms with E-state index in [9.17, 15) is 5.11 Å². The summed E-state index contributed by atoms with van der Waals surface area (Å²) in [5, 5.41) is 9.47. The van der Waals surface area contributed by atoms with Gasteiger partial charge in [-0.15, -0.1) is 34.8 Å². The van der Waals surface area contributed by atoms with Crippen LogP contribution in [0.15, 0.2) is 22.2 Å². The van der Waals surface area contributed by atoms with Crippen molar-refractivity contribution in [2.45, 2.75) is 38.4 Å². The molecule has 6 unspecified atom stereocenters. The van der Waals surface area contributed by atoms with Crippen molar-refractivity contribution in [3.05, 3.63) is 22.2 Å². The zero-order chi connectivity index (χ0) is 19.1. The zero-order valence-electron chi connectivity index (χ0n) is 13.6. The third-order valence-electron chi connectivity index (χ3n) is 6.52. The molecule has 6 aliphatic rings. The Kier molecular flexibility index (Phi) is 5.35. The molecule has 146 valence electrons. The second-order valence-electron chi connectivity index (χ2n) is 7.71. The number of piperidine rings is 3. The zero-order valence-corrected chi connectivity index (χ0v) is 18.9. The van der Waals surface area contributed by atoms with Crippen molar-refractivity contribution in [3.63, 3.8) is 0 Å².